The van der Waals surface area contributed by atoms with Gasteiger partial charge in [-0.2, -0.15) is 0 Å². The number of aromatic nitrogens is 4. The van der Waals surface area contributed by atoms with E-state index in [0.717, 1.165) is 78.1 Å². The maximum absolute atomic E-state index is 14.9. The Kier molecular flexibility index (Phi) is 14.9. The number of hydrogen-bond donors (Lipinski definition) is 2. The van der Waals surface area contributed by atoms with E-state index in [1.54, 1.807) is 13.4 Å². The number of fused-ring (bicyclic) bond motifs is 6. The number of ether oxygens (including phenoxy) is 5. The molecule has 3 saturated heterocycles. The number of rotatable bonds is 14. The number of pyridine rings is 1. The average molecular weight is 1030 g/mol. The SMILES string of the molecule is CCO[C@@H]1c2coc(n2)-c2ccc3c(c2)c(c(-c2cc(N4CCN(C5CC5)CC4)cnc2[C@H](C)OC)n3CCOC2CCOCC2)CC(C)(C)COC(=O)[C@@H]2CCCN(N2)C(=O)[C@H]1NC(=O)[C@@H]1[C@@H](C)[C@H]1c1cocn1. The van der Waals surface area contributed by atoms with Crippen LogP contribution >= 0.6 is 0 Å². The van der Waals surface area contributed by atoms with Crippen molar-refractivity contribution in [2.75, 3.05) is 77.8 Å². The van der Waals surface area contributed by atoms with Crippen LogP contribution in [0.4, 0.5) is 5.69 Å². The minimum Gasteiger partial charge on any atom is -0.464 e. The number of nitrogens with one attached hydrogen (secondary N) is 2. The summed E-state index contributed by atoms with van der Waals surface area (Å²) >= 11 is 0. The highest BCUT2D eigenvalue weighted by atomic mass is 16.5. The fourth-order valence-electron chi connectivity index (χ4n) is 12.0. The van der Waals surface area contributed by atoms with Crippen molar-refractivity contribution in [1.82, 2.24) is 40.2 Å². The third-order valence-electron chi connectivity index (χ3n) is 16.4. The second-order valence-electron chi connectivity index (χ2n) is 22.2. The summed E-state index contributed by atoms with van der Waals surface area (Å²) in [6.07, 6.45) is 10.9. The van der Waals surface area contributed by atoms with Gasteiger partial charge in [-0.3, -0.25) is 29.3 Å². The Bertz CT molecular complexity index is 2830. The molecule has 6 bridgehead atoms. The first-order valence-corrected chi connectivity index (χ1v) is 27.3. The van der Waals surface area contributed by atoms with Gasteiger partial charge in [0.1, 0.15) is 36.4 Å². The van der Waals surface area contributed by atoms with Crippen molar-refractivity contribution in [2.45, 2.75) is 128 Å². The molecule has 0 radical (unpaired) electrons. The smallest absolute Gasteiger partial charge is 0.324 e. The molecule has 11 rings (SSSR count). The fourth-order valence-corrected chi connectivity index (χ4v) is 12.0. The predicted molar refractivity (Wildman–Crippen MR) is 277 cm³/mol. The molecule has 19 heteroatoms. The minimum atomic E-state index is -1.24. The van der Waals surface area contributed by atoms with Crippen molar-refractivity contribution < 1.29 is 46.9 Å². The van der Waals surface area contributed by atoms with Crippen LogP contribution in [0.1, 0.15) is 114 Å². The number of cyclic esters (lactones) is 1. The predicted octanol–water partition coefficient (Wildman–Crippen LogP) is 6.77. The number of benzene rings is 1. The summed E-state index contributed by atoms with van der Waals surface area (Å²) in [7, 11) is 1.72. The number of carbonyl (C=O) groups is 3. The lowest BCUT2D eigenvalue weighted by atomic mass is 9.84. The quantitative estimate of drug-likeness (QED) is 0.110. The highest BCUT2D eigenvalue weighted by molar-refractivity contribution is 5.95. The molecule has 402 valence electrons. The number of hydrazine groups is 1. The standard InChI is InChI=1S/C56H73N9O10/c1-7-72-51-44-30-74-53(59-44)35-10-13-45-39(25-35)41(27-56(4,5)31-75-55(68)42-9-8-16-65(61-42)54(67)49(51)60-52(66)47-33(2)46(47)43-29-71-32-58-43)50(64(45)21-24-73-38-14-22-70-23-15-38)40-26-37(28-57-48(40)34(3)69-6)63-19-17-62(18-20-63)36-11-12-36/h10,13,25-26,28-30,32-34,36,38,42,46-47,49,51,61H,7-9,11-12,14-24,27,31H2,1-6H3,(H,60,66)/t33-,34-,42-,46-,47+,49-,51+/m0/s1. The molecule has 2 saturated carbocycles. The van der Waals surface area contributed by atoms with Gasteiger partial charge in [-0.1, -0.05) is 20.8 Å². The first-order chi connectivity index (χ1) is 36.4. The molecule has 75 heavy (non-hydrogen) atoms. The van der Waals surface area contributed by atoms with Gasteiger partial charge in [-0.05, 0) is 94.5 Å². The van der Waals surface area contributed by atoms with E-state index in [1.807, 2.05) is 33.0 Å². The lowest BCUT2D eigenvalue weighted by molar-refractivity contribution is -0.156. The van der Waals surface area contributed by atoms with Gasteiger partial charge in [0, 0.05) is 112 Å². The van der Waals surface area contributed by atoms with Gasteiger partial charge in [0.2, 0.25) is 11.8 Å². The Morgan fingerprint density at radius 3 is 2.55 bits per heavy atom. The van der Waals surface area contributed by atoms with E-state index in [1.165, 1.54) is 30.5 Å². The Hall–Kier alpha value is -5.70. The zero-order valence-electron chi connectivity index (χ0n) is 44.3. The second-order valence-corrected chi connectivity index (χ2v) is 22.2. The molecule has 6 aliphatic rings. The Morgan fingerprint density at radius 2 is 1.80 bits per heavy atom. The van der Waals surface area contributed by atoms with E-state index in [-0.39, 0.29) is 43.2 Å². The molecule has 2 amide bonds. The van der Waals surface area contributed by atoms with Crippen molar-refractivity contribution >= 4 is 34.4 Å². The van der Waals surface area contributed by atoms with Crippen LogP contribution < -0.4 is 15.6 Å². The number of nitrogens with zero attached hydrogens (tertiary/aromatic N) is 7. The molecule has 5 aromatic rings. The van der Waals surface area contributed by atoms with Crippen LogP contribution in [0, 0.1) is 17.3 Å². The lowest BCUT2D eigenvalue weighted by Gasteiger charge is -2.37. The summed E-state index contributed by atoms with van der Waals surface area (Å²) in [6, 6.07) is 7.20. The van der Waals surface area contributed by atoms with E-state index < -0.39 is 41.4 Å². The van der Waals surface area contributed by atoms with Crippen LogP contribution in [0.15, 0.2) is 58.2 Å². The molecule has 7 atom stereocenters. The van der Waals surface area contributed by atoms with E-state index in [0.29, 0.717) is 81.1 Å². The normalized spacial score (nSPS) is 26.3. The van der Waals surface area contributed by atoms with Crippen LogP contribution in [-0.4, -0.2) is 144 Å². The third kappa shape index (κ3) is 10.7. The number of piperazine rings is 1. The fraction of sp³-hybridized carbons (Fsp3) is 0.607. The number of amides is 2. The average Bonchev–Trinajstić information content (AvgIpc) is 4.19. The molecule has 1 aromatic carbocycles. The Balaban J connectivity index is 1.03. The number of esters is 1. The second kappa shape index (κ2) is 21.7. The molecule has 2 aliphatic carbocycles. The van der Waals surface area contributed by atoms with Gasteiger partial charge in [-0.25, -0.2) is 15.4 Å². The van der Waals surface area contributed by atoms with Crippen molar-refractivity contribution in [3.05, 3.63) is 72.0 Å². The molecule has 0 unspecified atom stereocenters. The molecule has 2 N–H and O–H groups in total. The Labute approximate surface area is 438 Å². The first-order valence-electron chi connectivity index (χ1n) is 27.3. The van der Waals surface area contributed by atoms with E-state index in [4.69, 9.17) is 42.5 Å². The molecule has 8 heterocycles. The number of anilines is 1. The summed E-state index contributed by atoms with van der Waals surface area (Å²) in [6.45, 7) is 16.9. The zero-order valence-corrected chi connectivity index (χ0v) is 44.3. The largest absolute Gasteiger partial charge is 0.464 e. The maximum atomic E-state index is 14.9. The molecule has 4 aromatic heterocycles. The molecular formula is C56H73N9O10. The number of hydrogen-bond acceptors (Lipinski definition) is 16. The van der Waals surface area contributed by atoms with Gasteiger partial charge in [-0.15, -0.1) is 0 Å². The van der Waals surface area contributed by atoms with Crippen LogP contribution in [0.5, 0.6) is 0 Å². The highest BCUT2D eigenvalue weighted by Gasteiger charge is 2.55. The monoisotopic (exact) mass is 1030 g/mol. The van der Waals surface area contributed by atoms with Gasteiger partial charge in [0.15, 0.2) is 6.39 Å². The van der Waals surface area contributed by atoms with Crippen LogP contribution in [0.2, 0.25) is 0 Å². The van der Waals surface area contributed by atoms with Gasteiger partial charge < -0.3 is 47.3 Å². The molecule has 4 aliphatic heterocycles. The third-order valence-corrected chi connectivity index (χ3v) is 16.4. The maximum Gasteiger partial charge on any atom is 0.324 e. The minimum absolute atomic E-state index is 0.0391. The summed E-state index contributed by atoms with van der Waals surface area (Å²) in [5, 5.41) is 5.46. The number of oxazole rings is 2. The van der Waals surface area contributed by atoms with Crippen molar-refractivity contribution in [2.24, 2.45) is 17.3 Å². The molecule has 0 spiro atoms. The van der Waals surface area contributed by atoms with Crippen LogP contribution in [0.3, 0.4) is 0 Å². The van der Waals surface area contributed by atoms with E-state index in [2.05, 4.69) is 62.1 Å². The lowest BCUT2D eigenvalue weighted by Crippen LogP contribution is -2.61. The summed E-state index contributed by atoms with van der Waals surface area (Å²) in [4.78, 5) is 63.2. The highest BCUT2D eigenvalue weighted by Crippen LogP contribution is 2.53. The zero-order chi connectivity index (χ0) is 52.0. The first kappa shape index (κ1) is 51.4. The van der Waals surface area contributed by atoms with Gasteiger partial charge in [0.05, 0.1) is 54.4 Å². The Morgan fingerprint density at radius 1 is 0.987 bits per heavy atom. The number of carbonyl (C=O) groups excluding carboxylic acids is 3. The van der Waals surface area contributed by atoms with E-state index >= 15 is 0 Å². The van der Waals surface area contributed by atoms with Crippen LogP contribution in [0.25, 0.3) is 33.6 Å². The molecule has 19 nitrogen and oxygen atoms in total. The molecular weight excluding hydrogens is 959 g/mol. The van der Waals surface area contributed by atoms with E-state index in [9.17, 15) is 14.4 Å². The summed E-state index contributed by atoms with van der Waals surface area (Å²) in [5.74, 6) is -1.59. The summed E-state index contributed by atoms with van der Waals surface area (Å²) in [5.41, 5.74) is 10.2. The number of methoxy groups -OCH3 is 1. The van der Waals surface area contributed by atoms with Gasteiger partial charge >= 0.3 is 5.97 Å². The van der Waals surface area contributed by atoms with Crippen LogP contribution in [-0.2, 0) is 51.0 Å². The van der Waals surface area contributed by atoms with Crippen molar-refractivity contribution in [1.29, 1.82) is 0 Å². The summed E-state index contributed by atoms with van der Waals surface area (Å²) < 4.78 is 45.1. The molecule has 5 fully saturated rings. The van der Waals surface area contributed by atoms with Gasteiger partial charge in [0.25, 0.3) is 5.91 Å². The van der Waals surface area contributed by atoms with Crippen molar-refractivity contribution in [3.63, 3.8) is 0 Å². The van der Waals surface area contributed by atoms with Crippen molar-refractivity contribution in [3.8, 4) is 22.7 Å². The topological polar surface area (TPSA) is 201 Å².